The maximum absolute atomic E-state index is 10.0. The van der Waals surface area contributed by atoms with E-state index in [-0.39, 0.29) is 325 Å². The minimum Gasteiger partial charge on any atom is -1.00 e. The van der Waals surface area contributed by atoms with Gasteiger partial charge < -0.3 is 31.9 Å². The molecule has 0 aromatic rings. The monoisotopic (exact) mass is 558 g/mol. The molecule has 19 heteroatoms. The van der Waals surface area contributed by atoms with Gasteiger partial charge in [-0.1, -0.05) is 0 Å². The van der Waals surface area contributed by atoms with Gasteiger partial charge in [0.1, 0.15) is 0 Å². The molecular weight excluding hydrogens is 539 g/mol. The van der Waals surface area contributed by atoms with Gasteiger partial charge in [-0.05, 0) is 0 Å². The Balaban J connectivity index is -0.00000000219. The van der Waals surface area contributed by atoms with Gasteiger partial charge in [0.2, 0.25) is 0 Å². The van der Waals surface area contributed by atoms with Gasteiger partial charge in [-0.3, -0.25) is 19.6 Å². The minimum atomic E-state index is -5.13. The Labute approximate surface area is 378 Å². The number of hydrogen-bond acceptors (Lipinski definition) is 5. The van der Waals surface area contributed by atoms with Crippen molar-refractivity contribution in [1.82, 2.24) is 0 Å². The van der Waals surface area contributed by atoms with E-state index in [1.54, 1.807) is 0 Å². The molecule has 0 aliphatic rings. The Hall–Kier alpha value is 9.65. The van der Waals surface area contributed by atoms with E-state index in [2.05, 4.69) is 9.05 Å². The van der Waals surface area contributed by atoms with E-state index in [0.29, 0.717) is 0 Å². The molecule has 0 saturated carbocycles. The van der Waals surface area contributed by atoms with Crippen molar-refractivity contribution in [1.29, 1.82) is 0 Å². The molecule has 0 amide bonds. The predicted octanol–water partition coefficient (Wildman–Crippen LogP) is -1.92. The maximum atomic E-state index is 10.0. The third kappa shape index (κ3) is 50.9. The molecule has 0 radical (unpaired) electrons. The fourth-order valence-electron chi connectivity index (χ4n) is 0.211. The van der Waals surface area contributed by atoms with E-state index in [0.717, 1.165) is 0 Å². The molecule has 0 saturated heterocycles. The molecule has 0 heterocycles. The van der Waals surface area contributed by atoms with Crippen molar-refractivity contribution in [3.8, 4) is 0 Å². The first-order valence-electron chi connectivity index (χ1n) is 2.14. The van der Waals surface area contributed by atoms with Crippen molar-refractivity contribution >= 4 is 324 Å². The minimum absolute atomic E-state index is 0. The van der Waals surface area contributed by atoms with Crippen LogP contribution >= 0.6 is 15.6 Å². The summed E-state index contributed by atoms with van der Waals surface area (Å²) in [4.78, 5) is 41.7. The smallest absolute Gasteiger partial charge is 1.00 e. The van der Waals surface area contributed by atoms with Crippen LogP contribution in [0.4, 0.5) is 4.79 Å². The SMILES string of the molecule is O=C(OP(=O)(O)O)OP(=O)(O)O.[Ca+2].[Ca+2].[Ca+2].[Ca+2].[Ca+2].[Ca+2].[Ca+2].[Ca+2].[H-].[H-].[H-].[H-].[H-].[H-].[H-].[H-].[H-].[H-].[H-].[H-].[H-].[H-].[H-].[H-]. The average Bonchev–Trinajstić information content (AvgIpc) is 1.49. The quantitative estimate of drug-likeness (QED) is 0.225. The Morgan fingerprint density at radius 3 is 0.900 bits per heavy atom. The van der Waals surface area contributed by atoms with Gasteiger partial charge in [-0.15, -0.1) is 0 Å². The number of phosphoric ester groups is 2. The van der Waals surface area contributed by atoms with Crippen molar-refractivity contribution in [3.63, 3.8) is 0 Å². The summed E-state index contributed by atoms with van der Waals surface area (Å²) < 4.78 is 25.9. The van der Waals surface area contributed by atoms with Crippen LogP contribution in [-0.2, 0) is 18.2 Å². The first-order chi connectivity index (χ1) is 5.10. The van der Waals surface area contributed by atoms with E-state index < -0.39 is 21.8 Å². The van der Waals surface area contributed by atoms with Gasteiger partial charge in [-0.2, -0.15) is 0 Å². The van der Waals surface area contributed by atoms with Crippen LogP contribution in [0.15, 0.2) is 0 Å². The van der Waals surface area contributed by atoms with Crippen molar-refractivity contribution in [2.75, 3.05) is 0 Å². The molecule has 0 aromatic heterocycles. The van der Waals surface area contributed by atoms with Crippen LogP contribution < -0.4 is 0 Å². The topological polar surface area (TPSA) is 151 Å². The zero-order valence-electron chi connectivity index (χ0n) is 26.9. The van der Waals surface area contributed by atoms with Gasteiger partial charge >= 0.3 is 324 Å². The molecule has 0 atom stereocenters. The summed E-state index contributed by atoms with van der Waals surface area (Å²) in [5, 5.41) is 0. The van der Waals surface area contributed by atoms with Gasteiger partial charge in [-0.25, -0.2) is 13.9 Å². The largest absolute Gasteiger partial charge is 2.00 e. The number of carbonyl (C=O) groups is 1. The van der Waals surface area contributed by atoms with E-state index in [1.807, 2.05) is 0 Å². The van der Waals surface area contributed by atoms with Gasteiger partial charge in [0.25, 0.3) is 0 Å². The predicted molar refractivity (Wildman–Crippen MR) is 95.5 cm³/mol. The van der Waals surface area contributed by atoms with E-state index in [4.69, 9.17) is 19.6 Å². The molecule has 0 spiro atoms. The first kappa shape index (κ1) is 57.1. The Bertz CT molecular complexity index is 283. The third-order valence-corrected chi connectivity index (χ3v) is 1.16. The van der Waals surface area contributed by atoms with Gasteiger partial charge in [0, 0.05) is 0 Å². The zero-order valence-corrected chi connectivity index (χ0v) is 30.3. The number of carbonyl (C=O) groups excluding carboxylic acids is 1. The molecular formula is CH20Ca8O9P2. The summed E-state index contributed by atoms with van der Waals surface area (Å²) in [6, 6.07) is 0. The molecule has 0 aromatic carbocycles. The van der Waals surface area contributed by atoms with Crippen LogP contribution in [0, 0.1) is 0 Å². The van der Waals surface area contributed by atoms with Crippen LogP contribution in [0.1, 0.15) is 22.8 Å². The normalized spacial score (nSPS) is 7.40. The van der Waals surface area contributed by atoms with Gasteiger partial charge in [0.15, 0.2) is 0 Å². The van der Waals surface area contributed by atoms with E-state index in [1.165, 1.54) is 0 Å². The summed E-state index contributed by atoms with van der Waals surface area (Å²) in [5.41, 5.74) is 0. The summed E-state index contributed by atoms with van der Waals surface area (Å²) in [6.07, 6.45) is -2.14. The molecule has 0 unspecified atom stereocenters. The Kier molecular flexibility index (Phi) is 88.0. The van der Waals surface area contributed by atoms with Gasteiger partial charge in [0.05, 0.1) is 0 Å². The van der Waals surface area contributed by atoms with Crippen molar-refractivity contribution in [3.05, 3.63) is 0 Å². The van der Waals surface area contributed by atoms with Crippen LogP contribution in [0.5, 0.6) is 0 Å². The second-order valence-electron chi connectivity index (χ2n) is 1.41. The number of phosphoric acid groups is 2. The molecule has 0 fully saturated rings. The van der Waals surface area contributed by atoms with Crippen LogP contribution in [-0.4, -0.2) is 328 Å². The number of hydrogen-bond donors (Lipinski definition) is 4. The molecule has 0 aliphatic heterocycles. The fraction of sp³-hybridized carbons (Fsp3) is 0. The summed E-state index contributed by atoms with van der Waals surface area (Å²) in [6.45, 7) is 0. The summed E-state index contributed by atoms with van der Waals surface area (Å²) in [7, 11) is -10.3. The zero-order chi connectivity index (χ0) is 9.99. The number of rotatable bonds is 2. The Morgan fingerprint density at radius 1 is 0.650 bits per heavy atom. The van der Waals surface area contributed by atoms with Crippen LogP contribution in [0.3, 0.4) is 0 Å². The Morgan fingerprint density at radius 2 is 0.800 bits per heavy atom. The fourth-order valence-corrected chi connectivity index (χ4v) is 0.733. The molecule has 0 aliphatic carbocycles. The molecule has 4 N–H and O–H groups in total. The second-order valence-corrected chi connectivity index (χ2v) is 3.74. The van der Waals surface area contributed by atoms with Crippen LogP contribution in [0.25, 0.3) is 0 Å². The van der Waals surface area contributed by atoms with Crippen LogP contribution in [0.2, 0.25) is 0 Å². The molecule has 0 rings (SSSR count). The molecule has 9 nitrogen and oxygen atoms in total. The van der Waals surface area contributed by atoms with Crippen molar-refractivity contribution in [2.45, 2.75) is 0 Å². The maximum Gasteiger partial charge on any atom is 2.00 e. The first-order valence-corrected chi connectivity index (χ1v) is 5.20. The van der Waals surface area contributed by atoms with E-state index >= 15 is 0 Å². The van der Waals surface area contributed by atoms with E-state index in [9.17, 15) is 13.9 Å². The standard InChI is InChI=1S/CH4O9P2.8Ca.16H/c2-1(9-11(3,4)5)10-12(6,7)8;;;;;;;;;;;;;;;;;;;;;;;;/h(H2,3,4,5)(H2,6,7,8);;;;;;;;;;;;;;;;;;;;;;;;/q;8*+2;16*-1. The molecule has 104 valence electrons. The van der Waals surface area contributed by atoms with Crippen molar-refractivity contribution in [2.24, 2.45) is 0 Å². The summed E-state index contributed by atoms with van der Waals surface area (Å²) >= 11 is 0. The molecule has 0 bridgehead atoms. The summed E-state index contributed by atoms with van der Waals surface area (Å²) in [5.74, 6) is 0. The second kappa shape index (κ2) is 30.8. The third-order valence-electron chi connectivity index (χ3n) is 0.387. The van der Waals surface area contributed by atoms with Crippen molar-refractivity contribution < 1.29 is 65.4 Å². The molecule has 20 heavy (non-hydrogen) atoms. The average molecular weight is 559 g/mol.